The number of benzene rings is 2. The van der Waals surface area contributed by atoms with E-state index in [1.165, 1.54) is 11.6 Å². The number of ether oxygens (including phenoxy) is 1. The number of likely N-dealkylation sites (N-methyl/N-ethyl adjacent to an activating group) is 1. The van der Waals surface area contributed by atoms with Crippen molar-refractivity contribution in [3.05, 3.63) is 76.8 Å². The summed E-state index contributed by atoms with van der Waals surface area (Å²) in [5, 5.41) is 2.14. The standard InChI is InChI=1S/C25H25N3O2S2/c1-18(29)30-19-13-14-21-23(17-19)32-25(28(21)16-15-27(2)3)12-6-4-5-11-24-26-20-9-7-8-10-22(20)31-24/h4-14,17H,15-16H2,1-3H3/b6-4+,11-5+,25-12-. The van der Waals surface area contributed by atoms with Crippen molar-refractivity contribution < 1.29 is 9.53 Å². The average Bonchev–Trinajstić information content (AvgIpc) is 3.31. The molecule has 0 spiro atoms. The molecule has 1 aliphatic heterocycles. The maximum atomic E-state index is 11.3. The zero-order chi connectivity index (χ0) is 22.5. The lowest BCUT2D eigenvalue weighted by Gasteiger charge is -2.22. The fourth-order valence-corrected chi connectivity index (χ4v) is 5.28. The first-order valence-corrected chi connectivity index (χ1v) is 12.0. The molecule has 7 heteroatoms. The monoisotopic (exact) mass is 463 g/mol. The average molecular weight is 464 g/mol. The molecule has 0 saturated heterocycles. The number of thiazole rings is 1. The number of allylic oxidation sites excluding steroid dienone is 4. The summed E-state index contributed by atoms with van der Waals surface area (Å²) in [6.07, 6.45) is 10.2. The van der Waals surface area contributed by atoms with Gasteiger partial charge in [0, 0.05) is 24.9 Å². The number of rotatable bonds is 7. The van der Waals surface area contributed by atoms with Crippen molar-refractivity contribution in [1.29, 1.82) is 0 Å². The minimum Gasteiger partial charge on any atom is -0.427 e. The summed E-state index contributed by atoms with van der Waals surface area (Å²) in [6, 6.07) is 14.0. The molecular weight excluding hydrogens is 438 g/mol. The number of para-hydroxylation sites is 1. The molecule has 0 bridgehead atoms. The van der Waals surface area contributed by atoms with Crippen molar-refractivity contribution in [2.24, 2.45) is 0 Å². The SMILES string of the molecule is CC(=O)Oc1ccc2c(c1)S\C(=C/C=C/C=C/c1nc3ccccc3s1)N2CCN(C)C. The van der Waals surface area contributed by atoms with Gasteiger partial charge in [0.25, 0.3) is 0 Å². The molecule has 3 aromatic rings. The Morgan fingerprint density at radius 2 is 2.00 bits per heavy atom. The van der Waals surface area contributed by atoms with Gasteiger partial charge in [-0.2, -0.15) is 0 Å². The maximum Gasteiger partial charge on any atom is 0.308 e. The number of nitrogens with zero attached hydrogens (tertiary/aromatic N) is 3. The van der Waals surface area contributed by atoms with Crippen LogP contribution in [-0.4, -0.2) is 43.0 Å². The lowest BCUT2D eigenvalue weighted by atomic mass is 10.2. The van der Waals surface area contributed by atoms with Crippen molar-refractivity contribution in [3.63, 3.8) is 0 Å². The van der Waals surface area contributed by atoms with Gasteiger partial charge in [0.05, 0.1) is 20.9 Å². The van der Waals surface area contributed by atoms with Crippen LogP contribution >= 0.6 is 23.1 Å². The Kier molecular flexibility index (Phi) is 7.09. The minimum absolute atomic E-state index is 0.309. The summed E-state index contributed by atoms with van der Waals surface area (Å²) in [5.41, 5.74) is 2.17. The molecule has 2 aromatic carbocycles. The van der Waals surface area contributed by atoms with Crippen LogP contribution < -0.4 is 9.64 Å². The van der Waals surface area contributed by atoms with E-state index in [2.05, 4.69) is 41.0 Å². The first-order chi connectivity index (χ1) is 15.5. The fraction of sp³-hybridized carbons (Fsp3) is 0.200. The van der Waals surface area contributed by atoms with E-state index in [0.717, 1.165) is 39.2 Å². The number of hydrogen-bond donors (Lipinski definition) is 0. The summed E-state index contributed by atoms with van der Waals surface area (Å²) in [7, 11) is 4.15. The van der Waals surface area contributed by atoms with Crippen LogP contribution in [0.15, 0.2) is 76.7 Å². The number of aromatic nitrogens is 1. The van der Waals surface area contributed by atoms with Crippen molar-refractivity contribution in [3.8, 4) is 5.75 Å². The fourth-order valence-electron chi connectivity index (χ4n) is 3.27. The number of carbonyl (C=O) groups excluding carboxylic acids is 1. The highest BCUT2D eigenvalue weighted by atomic mass is 32.2. The molecule has 0 amide bonds. The van der Waals surface area contributed by atoms with Crippen LogP contribution in [0.4, 0.5) is 5.69 Å². The summed E-state index contributed by atoms with van der Waals surface area (Å²) < 4.78 is 6.46. The zero-order valence-electron chi connectivity index (χ0n) is 18.3. The lowest BCUT2D eigenvalue weighted by molar-refractivity contribution is -0.131. The van der Waals surface area contributed by atoms with Gasteiger partial charge in [-0.1, -0.05) is 42.1 Å². The molecule has 2 heterocycles. The molecule has 0 radical (unpaired) electrons. The molecule has 0 atom stereocenters. The first kappa shape index (κ1) is 22.3. The number of carbonyl (C=O) groups is 1. The summed E-state index contributed by atoms with van der Waals surface area (Å²) in [6.45, 7) is 3.23. The number of thioether (sulfide) groups is 1. The smallest absolute Gasteiger partial charge is 0.308 e. The third-order valence-corrected chi connectivity index (χ3v) is 6.86. The quantitative estimate of drug-likeness (QED) is 0.250. The number of hydrogen-bond acceptors (Lipinski definition) is 7. The van der Waals surface area contributed by atoms with E-state index in [1.807, 2.05) is 60.7 Å². The Labute approximate surface area is 196 Å². The largest absolute Gasteiger partial charge is 0.427 e. The molecule has 4 rings (SSSR count). The molecular formula is C25H25N3O2S2. The molecule has 0 aliphatic carbocycles. The van der Waals surface area contributed by atoms with Crippen LogP contribution in [0.3, 0.4) is 0 Å². The third kappa shape index (κ3) is 5.48. The second-order valence-electron chi connectivity index (χ2n) is 7.55. The molecule has 0 saturated carbocycles. The van der Waals surface area contributed by atoms with E-state index >= 15 is 0 Å². The number of esters is 1. The lowest BCUT2D eigenvalue weighted by Crippen LogP contribution is -2.28. The molecule has 0 fully saturated rings. The topological polar surface area (TPSA) is 45.7 Å². The van der Waals surface area contributed by atoms with E-state index in [0.29, 0.717) is 5.75 Å². The zero-order valence-corrected chi connectivity index (χ0v) is 20.0. The van der Waals surface area contributed by atoms with Crippen LogP contribution in [0.25, 0.3) is 16.3 Å². The highest BCUT2D eigenvalue weighted by Crippen LogP contribution is 2.47. The van der Waals surface area contributed by atoms with Gasteiger partial charge in [-0.25, -0.2) is 4.98 Å². The van der Waals surface area contributed by atoms with Crippen LogP contribution in [-0.2, 0) is 4.79 Å². The Hall–Kier alpha value is -2.87. The van der Waals surface area contributed by atoms with Gasteiger partial charge in [-0.3, -0.25) is 4.79 Å². The van der Waals surface area contributed by atoms with Crippen molar-refractivity contribution in [2.45, 2.75) is 11.8 Å². The van der Waals surface area contributed by atoms with Crippen LogP contribution in [0.1, 0.15) is 11.9 Å². The molecule has 0 unspecified atom stereocenters. The minimum atomic E-state index is -0.309. The Morgan fingerprint density at radius 3 is 2.78 bits per heavy atom. The summed E-state index contributed by atoms with van der Waals surface area (Å²) in [4.78, 5) is 21.5. The molecule has 1 aromatic heterocycles. The van der Waals surface area contributed by atoms with E-state index in [1.54, 1.807) is 23.1 Å². The Balaban J connectivity index is 1.49. The van der Waals surface area contributed by atoms with Crippen LogP contribution in [0.2, 0.25) is 0 Å². The normalized spacial score (nSPS) is 15.0. The second-order valence-corrected chi connectivity index (χ2v) is 9.67. The van der Waals surface area contributed by atoms with Crippen LogP contribution in [0.5, 0.6) is 5.75 Å². The third-order valence-electron chi connectivity index (χ3n) is 4.75. The number of anilines is 1. The molecule has 1 aliphatic rings. The molecule has 32 heavy (non-hydrogen) atoms. The molecule has 164 valence electrons. The second kappa shape index (κ2) is 10.2. The first-order valence-electron chi connectivity index (χ1n) is 10.3. The van der Waals surface area contributed by atoms with Gasteiger partial charge in [-0.15, -0.1) is 11.3 Å². The maximum absolute atomic E-state index is 11.3. The van der Waals surface area contributed by atoms with Gasteiger partial charge in [0.15, 0.2) is 0 Å². The van der Waals surface area contributed by atoms with Gasteiger partial charge >= 0.3 is 5.97 Å². The number of fused-ring (bicyclic) bond motifs is 2. The van der Waals surface area contributed by atoms with Crippen molar-refractivity contribution in [1.82, 2.24) is 9.88 Å². The van der Waals surface area contributed by atoms with E-state index in [-0.39, 0.29) is 5.97 Å². The predicted molar refractivity (Wildman–Crippen MR) is 135 cm³/mol. The Bertz CT molecular complexity index is 1180. The van der Waals surface area contributed by atoms with Crippen molar-refractivity contribution in [2.75, 3.05) is 32.1 Å². The van der Waals surface area contributed by atoms with Crippen molar-refractivity contribution >= 4 is 51.0 Å². The van der Waals surface area contributed by atoms with Gasteiger partial charge in [0.2, 0.25) is 0 Å². The highest BCUT2D eigenvalue weighted by molar-refractivity contribution is 8.03. The van der Waals surface area contributed by atoms with Gasteiger partial charge in [0.1, 0.15) is 10.8 Å². The van der Waals surface area contributed by atoms with Gasteiger partial charge in [-0.05, 0) is 56.6 Å². The van der Waals surface area contributed by atoms with E-state index in [9.17, 15) is 4.79 Å². The van der Waals surface area contributed by atoms with E-state index in [4.69, 9.17) is 4.74 Å². The van der Waals surface area contributed by atoms with Gasteiger partial charge < -0.3 is 14.5 Å². The summed E-state index contributed by atoms with van der Waals surface area (Å²) in [5.74, 6) is 0.267. The highest BCUT2D eigenvalue weighted by Gasteiger charge is 2.25. The van der Waals surface area contributed by atoms with E-state index < -0.39 is 0 Å². The molecule has 0 N–H and O–H groups in total. The predicted octanol–water partition coefficient (Wildman–Crippen LogP) is 5.81. The Morgan fingerprint density at radius 1 is 1.16 bits per heavy atom. The summed E-state index contributed by atoms with van der Waals surface area (Å²) >= 11 is 3.37. The molecule has 5 nitrogen and oxygen atoms in total. The van der Waals surface area contributed by atoms with Crippen LogP contribution in [0, 0.1) is 0 Å².